The summed E-state index contributed by atoms with van der Waals surface area (Å²) in [4.78, 5) is 38.0. The van der Waals surface area contributed by atoms with E-state index in [0.717, 1.165) is 28.9 Å². The van der Waals surface area contributed by atoms with Crippen LogP contribution >= 0.6 is 0 Å². The summed E-state index contributed by atoms with van der Waals surface area (Å²) >= 11 is 0. The lowest BCUT2D eigenvalue weighted by Gasteiger charge is -2.18. The van der Waals surface area contributed by atoms with Gasteiger partial charge >= 0.3 is 0 Å². The van der Waals surface area contributed by atoms with Crippen molar-refractivity contribution in [3.05, 3.63) is 53.6 Å². The Labute approximate surface area is 164 Å². The van der Waals surface area contributed by atoms with Crippen LogP contribution in [0.3, 0.4) is 0 Å². The molecule has 0 bridgehead atoms. The van der Waals surface area contributed by atoms with Gasteiger partial charge in [-0.25, -0.2) is 0 Å². The number of anilines is 3. The van der Waals surface area contributed by atoms with E-state index in [4.69, 9.17) is 0 Å². The molecule has 0 aromatic heterocycles. The molecule has 2 aromatic rings. The molecule has 0 spiro atoms. The Kier molecular flexibility index (Phi) is 5.78. The molecule has 1 atom stereocenters. The second-order valence-corrected chi connectivity index (χ2v) is 7.09. The van der Waals surface area contributed by atoms with E-state index in [1.807, 2.05) is 25.1 Å². The highest BCUT2D eigenvalue weighted by Gasteiger charge is 2.35. The van der Waals surface area contributed by atoms with Crippen LogP contribution in [0.4, 0.5) is 17.1 Å². The first-order valence-corrected chi connectivity index (χ1v) is 9.46. The molecule has 146 valence electrons. The molecule has 1 aliphatic rings. The van der Waals surface area contributed by atoms with Crippen molar-refractivity contribution in [1.82, 2.24) is 0 Å². The third-order valence-electron chi connectivity index (χ3n) is 4.98. The second-order valence-electron chi connectivity index (χ2n) is 7.09. The van der Waals surface area contributed by atoms with Crippen LogP contribution in [-0.2, 0) is 20.8 Å². The normalized spacial score (nSPS) is 16.2. The molecule has 0 saturated carbocycles. The van der Waals surface area contributed by atoms with Gasteiger partial charge in [-0.1, -0.05) is 25.1 Å². The van der Waals surface area contributed by atoms with Gasteiger partial charge in [0.15, 0.2) is 0 Å². The number of carbonyl (C=O) groups excluding carboxylic acids is 3. The van der Waals surface area contributed by atoms with E-state index in [-0.39, 0.29) is 24.1 Å². The maximum atomic E-state index is 12.8. The Morgan fingerprint density at radius 1 is 1.11 bits per heavy atom. The molecular formula is C22H25N3O3. The quantitative estimate of drug-likeness (QED) is 0.834. The fourth-order valence-corrected chi connectivity index (χ4v) is 3.49. The lowest BCUT2D eigenvalue weighted by atomic mass is 10.0. The summed E-state index contributed by atoms with van der Waals surface area (Å²) in [5.41, 5.74) is 4.34. The maximum Gasteiger partial charge on any atom is 0.229 e. The lowest BCUT2D eigenvalue weighted by molar-refractivity contribution is -0.122. The van der Waals surface area contributed by atoms with E-state index in [2.05, 4.69) is 17.6 Å². The Hall–Kier alpha value is -3.15. The fourth-order valence-electron chi connectivity index (χ4n) is 3.49. The Bertz CT molecular complexity index is 906. The average molecular weight is 379 g/mol. The van der Waals surface area contributed by atoms with Crippen LogP contribution in [0.5, 0.6) is 0 Å². The highest BCUT2D eigenvalue weighted by atomic mass is 16.2. The maximum absolute atomic E-state index is 12.8. The summed E-state index contributed by atoms with van der Waals surface area (Å²) in [6.45, 7) is 5.81. The van der Waals surface area contributed by atoms with Crippen molar-refractivity contribution in [2.75, 3.05) is 22.1 Å². The van der Waals surface area contributed by atoms with Crippen molar-refractivity contribution in [3.63, 3.8) is 0 Å². The lowest BCUT2D eigenvalue weighted by Crippen LogP contribution is -2.28. The fraction of sp³-hybridized carbons (Fsp3) is 0.318. The zero-order chi connectivity index (χ0) is 20.3. The van der Waals surface area contributed by atoms with E-state index in [1.54, 1.807) is 29.2 Å². The molecule has 6 nitrogen and oxygen atoms in total. The minimum atomic E-state index is -0.396. The third kappa shape index (κ3) is 4.22. The van der Waals surface area contributed by atoms with Crippen LogP contribution in [-0.4, -0.2) is 24.3 Å². The summed E-state index contributed by atoms with van der Waals surface area (Å²) < 4.78 is 0. The monoisotopic (exact) mass is 379 g/mol. The zero-order valence-corrected chi connectivity index (χ0v) is 16.4. The highest BCUT2D eigenvalue weighted by molar-refractivity contribution is 6.04. The first-order chi connectivity index (χ1) is 13.4. The van der Waals surface area contributed by atoms with E-state index in [0.29, 0.717) is 12.2 Å². The van der Waals surface area contributed by atoms with Crippen molar-refractivity contribution in [1.29, 1.82) is 0 Å². The first kappa shape index (κ1) is 19.6. The molecule has 1 aliphatic heterocycles. The number of nitrogens with one attached hydrogen (secondary N) is 2. The van der Waals surface area contributed by atoms with Gasteiger partial charge in [0.25, 0.3) is 0 Å². The minimum absolute atomic E-state index is 0.0760. The number of amides is 3. The zero-order valence-electron chi connectivity index (χ0n) is 16.4. The molecule has 0 aliphatic carbocycles. The summed E-state index contributed by atoms with van der Waals surface area (Å²) in [5.74, 6) is -0.751. The van der Waals surface area contributed by atoms with E-state index >= 15 is 0 Å². The van der Waals surface area contributed by atoms with Gasteiger partial charge in [-0.05, 0) is 48.7 Å². The molecule has 1 heterocycles. The van der Waals surface area contributed by atoms with Crippen molar-refractivity contribution >= 4 is 34.8 Å². The van der Waals surface area contributed by atoms with Crippen LogP contribution in [0.1, 0.15) is 31.4 Å². The van der Waals surface area contributed by atoms with Gasteiger partial charge in [0, 0.05) is 37.0 Å². The molecule has 1 unspecified atom stereocenters. The number of benzene rings is 2. The van der Waals surface area contributed by atoms with Crippen LogP contribution < -0.4 is 15.5 Å². The van der Waals surface area contributed by atoms with E-state index in [1.165, 1.54) is 6.92 Å². The number of hydrogen-bond donors (Lipinski definition) is 2. The summed E-state index contributed by atoms with van der Waals surface area (Å²) in [6, 6.07) is 13.0. The second kappa shape index (κ2) is 8.25. The average Bonchev–Trinajstić information content (AvgIpc) is 3.05. The van der Waals surface area contributed by atoms with Gasteiger partial charge in [0.05, 0.1) is 5.92 Å². The van der Waals surface area contributed by atoms with Crippen molar-refractivity contribution in [2.45, 2.75) is 33.6 Å². The SMILES string of the molecule is CCc1cccc(C)c1NC(=O)C1CC(=O)N(c2ccc(NC(C)=O)cc2)C1. The van der Waals surface area contributed by atoms with Crippen LogP contribution in [0.25, 0.3) is 0 Å². The molecular weight excluding hydrogens is 354 g/mol. The number of para-hydroxylation sites is 1. The molecule has 2 N–H and O–H groups in total. The van der Waals surface area contributed by atoms with E-state index < -0.39 is 5.92 Å². The predicted molar refractivity (Wildman–Crippen MR) is 110 cm³/mol. The minimum Gasteiger partial charge on any atom is -0.326 e. The number of rotatable bonds is 5. The number of carbonyl (C=O) groups is 3. The largest absolute Gasteiger partial charge is 0.326 e. The number of aryl methyl sites for hydroxylation is 2. The predicted octanol–water partition coefficient (Wildman–Crippen LogP) is 3.51. The molecule has 3 amide bonds. The summed E-state index contributed by atoms with van der Waals surface area (Å²) in [6.07, 6.45) is 1.01. The Morgan fingerprint density at radius 2 is 1.82 bits per heavy atom. The van der Waals surface area contributed by atoms with Gasteiger partial charge in [0.1, 0.15) is 0 Å². The van der Waals surface area contributed by atoms with Gasteiger partial charge in [-0.15, -0.1) is 0 Å². The standard InChI is InChI=1S/C22H25N3O3/c1-4-16-7-5-6-14(2)21(16)24-22(28)17-12-20(27)25(13-17)19-10-8-18(9-11-19)23-15(3)26/h5-11,17H,4,12-13H2,1-3H3,(H,23,26)(H,24,28). The first-order valence-electron chi connectivity index (χ1n) is 9.46. The Morgan fingerprint density at radius 3 is 2.46 bits per heavy atom. The van der Waals surface area contributed by atoms with Crippen molar-refractivity contribution < 1.29 is 14.4 Å². The summed E-state index contributed by atoms with van der Waals surface area (Å²) in [5, 5.41) is 5.73. The number of nitrogens with zero attached hydrogens (tertiary/aromatic N) is 1. The molecule has 0 radical (unpaired) electrons. The number of hydrogen-bond acceptors (Lipinski definition) is 3. The molecule has 1 saturated heterocycles. The third-order valence-corrected chi connectivity index (χ3v) is 4.98. The molecule has 6 heteroatoms. The smallest absolute Gasteiger partial charge is 0.229 e. The van der Waals surface area contributed by atoms with Crippen molar-refractivity contribution in [2.24, 2.45) is 5.92 Å². The van der Waals surface area contributed by atoms with Gasteiger partial charge in [0.2, 0.25) is 17.7 Å². The van der Waals surface area contributed by atoms with Crippen molar-refractivity contribution in [3.8, 4) is 0 Å². The molecule has 28 heavy (non-hydrogen) atoms. The highest BCUT2D eigenvalue weighted by Crippen LogP contribution is 2.28. The summed E-state index contributed by atoms with van der Waals surface area (Å²) in [7, 11) is 0. The van der Waals surface area contributed by atoms with Crippen LogP contribution in [0.2, 0.25) is 0 Å². The molecule has 1 fully saturated rings. The molecule has 2 aromatic carbocycles. The van der Waals surface area contributed by atoms with Gasteiger partial charge in [-0.2, -0.15) is 0 Å². The molecule has 3 rings (SSSR count). The van der Waals surface area contributed by atoms with Crippen LogP contribution in [0, 0.1) is 12.8 Å². The van der Waals surface area contributed by atoms with E-state index in [9.17, 15) is 14.4 Å². The van der Waals surface area contributed by atoms with Gasteiger partial charge < -0.3 is 15.5 Å². The van der Waals surface area contributed by atoms with Gasteiger partial charge in [-0.3, -0.25) is 14.4 Å². The topological polar surface area (TPSA) is 78.5 Å². The van der Waals surface area contributed by atoms with Crippen LogP contribution in [0.15, 0.2) is 42.5 Å². The Balaban J connectivity index is 1.70.